The van der Waals surface area contributed by atoms with Crippen LogP contribution in [0, 0.1) is 13.8 Å². The molecule has 1 aromatic heterocycles. The van der Waals surface area contributed by atoms with Crippen molar-refractivity contribution in [1.29, 1.82) is 0 Å². The topological polar surface area (TPSA) is 122 Å². The van der Waals surface area contributed by atoms with Crippen molar-refractivity contribution in [3.63, 3.8) is 0 Å². The third-order valence-electron chi connectivity index (χ3n) is 4.26. The number of aromatic nitrogens is 2. The first-order valence-corrected chi connectivity index (χ1v) is 7.99. The zero-order valence-electron chi connectivity index (χ0n) is 14.8. The lowest BCUT2D eigenvalue weighted by Crippen LogP contribution is -2.61. The van der Waals surface area contributed by atoms with Crippen molar-refractivity contribution in [2.75, 3.05) is 0 Å². The molecule has 3 N–H and O–H groups in total. The average molecular weight is 359 g/mol. The van der Waals surface area contributed by atoms with E-state index in [9.17, 15) is 24.6 Å². The van der Waals surface area contributed by atoms with Crippen LogP contribution in [0.2, 0.25) is 0 Å². The highest BCUT2D eigenvalue weighted by molar-refractivity contribution is 6.06. The second-order valence-corrected chi connectivity index (χ2v) is 6.14. The molecule has 8 nitrogen and oxygen atoms in total. The summed E-state index contributed by atoms with van der Waals surface area (Å²) in [6.45, 7) is 5.09. The molecule has 1 aromatic carbocycles. The lowest BCUT2D eigenvalue weighted by Gasteiger charge is -2.25. The Morgan fingerprint density at radius 1 is 1.12 bits per heavy atom. The second-order valence-electron chi connectivity index (χ2n) is 6.14. The first-order chi connectivity index (χ1) is 12.2. The third-order valence-corrected chi connectivity index (χ3v) is 4.26. The maximum atomic E-state index is 11.7. The Balaban J connectivity index is 2.49. The van der Waals surface area contributed by atoms with Crippen LogP contribution < -0.4 is 5.32 Å². The number of amides is 1. The summed E-state index contributed by atoms with van der Waals surface area (Å²) in [6, 6.07) is 9.46. The number of hydrogen-bond donors (Lipinski definition) is 3. The van der Waals surface area contributed by atoms with E-state index in [-0.39, 0.29) is 5.82 Å². The highest BCUT2D eigenvalue weighted by atomic mass is 16.4. The summed E-state index contributed by atoms with van der Waals surface area (Å²) in [5, 5.41) is 21.1. The molecule has 26 heavy (non-hydrogen) atoms. The van der Waals surface area contributed by atoms with Gasteiger partial charge in [0.25, 0.3) is 0 Å². The summed E-state index contributed by atoms with van der Waals surface area (Å²) < 4.78 is 1.77. The van der Waals surface area contributed by atoms with Gasteiger partial charge in [-0.05, 0) is 19.4 Å². The normalized spacial score (nSPS) is 11.2. The van der Waals surface area contributed by atoms with Crippen molar-refractivity contribution in [3.05, 3.63) is 53.1 Å². The smallest absolute Gasteiger partial charge is 0.341 e. The number of benzene rings is 1. The number of nitrogens with zero attached hydrogens (tertiary/aromatic N) is 2. The maximum Gasteiger partial charge on any atom is 0.341 e. The lowest BCUT2D eigenvalue weighted by atomic mass is 9.94. The molecule has 0 aliphatic rings. The Morgan fingerprint density at radius 2 is 1.69 bits per heavy atom. The van der Waals surface area contributed by atoms with E-state index in [0.29, 0.717) is 12.2 Å². The molecule has 0 radical (unpaired) electrons. The maximum absolute atomic E-state index is 11.7. The minimum atomic E-state index is -2.48. The van der Waals surface area contributed by atoms with Crippen LogP contribution >= 0.6 is 0 Å². The predicted molar refractivity (Wildman–Crippen MR) is 92.8 cm³/mol. The van der Waals surface area contributed by atoms with Crippen molar-refractivity contribution in [1.82, 2.24) is 14.9 Å². The summed E-state index contributed by atoms with van der Waals surface area (Å²) in [7, 11) is 0. The van der Waals surface area contributed by atoms with Gasteiger partial charge >= 0.3 is 11.9 Å². The lowest BCUT2D eigenvalue weighted by molar-refractivity contribution is -0.161. The first-order valence-electron chi connectivity index (χ1n) is 7.99. The summed E-state index contributed by atoms with van der Waals surface area (Å²) in [4.78, 5) is 39.3. The third kappa shape index (κ3) is 3.74. The number of nitrogens with one attached hydrogen (secondary N) is 1. The molecule has 0 saturated heterocycles. The van der Waals surface area contributed by atoms with Crippen LogP contribution in [-0.4, -0.2) is 43.1 Å². The fourth-order valence-corrected chi connectivity index (χ4v) is 2.77. The van der Waals surface area contributed by atoms with Crippen LogP contribution in [0.4, 0.5) is 0 Å². The monoisotopic (exact) mass is 359 g/mol. The van der Waals surface area contributed by atoms with E-state index >= 15 is 0 Å². The van der Waals surface area contributed by atoms with Gasteiger partial charge in [-0.3, -0.25) is 4.79 Å². The SMILES string of the molecule is CC(=O)NC(Cc1nc(C)c(C)n1Cc1ccccc1)(C(=O)O)C(=O)O. The molecule has 0 spiro atoms. The quantitative estimate of drug-likeness (QED) is 0.637. The first kappa shape index (κ1) is 19.2. The van der Waals surface area contributed by atoms with Crippen LogP contribution in [0.5, 0.6) is 0 Å². The molecule has 0 atom stereocenters. The van der Waals surface area contributed by atoms with E-state index in [1.807, 2.05) is 37.3 Å². The van der Waals surface area contributed by atoms with Crippen LogP contribution in [-0.2, 0) is 27.3 Å². The van der Waals surface area contributed by atoms with E-state index in [4.69, 9.17) is 0 Å². The molecule has 2 aromatic rings. The Labute approximate surface area is 150 Å². The summed E-state index contributed by atoms with van der Waals surface area (Å²) in [6.07, 6.45) is -0.473. The number of carboxylic acids is 2. The zero-order valence-corrected chi connectivity index (χ0v) is 14.8. The van der Waals surface area contributed by atoms with Gasteiger partial charge in [0.05, 0.1) is 12.1 Å². The molecule has 0 fully saturated rings. The van der Waals surface area contributed by atoms with Crippen LogP contribution in [0.3, 0.4) is 0 Å². The highest BCUT2D eigenvalue weighted by Crippen LogP contribution is 2.20. The Morgan fingerprint density at radius 3 is 2.19 bits per heavy atom. The van der Waals surface area contributed by atoms with E-state index in [0.717, 1.165) is 18.2 Å². The molecular weight excluding hydrogens is 338 g/mol. The molecule has 2 rings (SSSR count). The highest BCUT2D eigenvalue weighted by Gasteiger charge is 2.49. The standard InChI is InChI=1S/C18H21N3O5/c1-11-12(2)21(10-14-7-5-4-6-8-14)15(19-11)9-18(16(23)24,17(25)26)20-13(3)22/h4-8H,9-10H2,1-3H3,(H,20,22)(H,23,24)(H,25,26). The molecule has 0 saturated carbocycles. The van der Waals surface area contributed by atoms with Crippen LogP contribution in [0.1, 0.15) is 29.7 Å². The number of hydrogen-bond acceptors (Lipinski definition) is 4. The number of imidazole rings is 1. The zero-order chi connectivity index (χ0) is 19.5. The van der Waals surface area contributed by atoms with Gasteiger partial charge in [-0.25, -0.2) is 14.6 Å². The van der Waals surface area contributed by atoms with E-state index < -0.39 is 29.8 Å². The molecule has 1 amide bonds. The summed E-state index contributed by atoms with van der Waals surface area (Å²) >= 11 is 0. The fraction of sp³-hybridized carbons (Fsp3) is 0.333. The van der Waals surface area contributed by atoms with Gasteiger partial charge in [0, 0.05) is 19.2 Å². The minimum Gasteiger partial charge on any atom is -0.479 e. The van der Waals surface area contributed by atoms with Crippen molar-refractivity contribution < 1.29 is 24.6 Å². The summed E-state index contributed by atoms with van der Waals surface area (Å²) in [5.74, 6) is -3.76. The van der Waals surface area contributed by atoms with E-state index in [1.54, 1.807) is 11.5 Å². The Bertz CT molecular complexity index is 828. The van der Waals surface area contributed by atoms with Gasteiger partial charge in [-0.1, -0.05) is 30.3 Å². The van der Waals surface area contributed by atoms with Crippen LogP contribution in [0.15, 0.2) is 30.3 Å². The van der Waals surface area contributed by atoms with E-state index in [2.05, 4.69) is 10.3 Å². The largest absolute Gasteiger partial charge is 0.479 e. The number of carbonyl (C=O) groups is 3. The number of rotatable bonds is 7. The second kappa shape index (κ2) is 7.38. The summed E-state index contributed by atoms with van der Waals surface area (Å²) in [5.41, 5.74) is -0.0466. The number of aliphatic carboxylic acids is 2. The van der Waals surface area contributed by atoms with Crippen LogP contribution in [0.25, 0.3) is 0 Å². The van der Waals surface area contributed by atoms with Gasteiger partial charge < -0.3 is 20.1 Å². The van der Waals surface area contributed by atoms with Gasteiger partial charge in [-0.2, -0.15) is 0 Å². The van der Waals surface area contributed by atoms with Crippen molar-refractivity contribution in [2.24, 2.45) is 0 Å². The predicted octanol–water partition coefficient (Wildman–Crippen LogP) is 1.13. The van der Waals surface area contributed by atoms with Gasteiger partial charge in [0.1, 0.15) is 5.82 Å². The Hall–Kier alpha value is -3.16. The molecular formula is C18H21N3O5. The molecule has 0 aliphatic heterocycles. The molecule has 1 heterocycles. The molecule has 0 unspecified atom stereocenters. The minimum absolute atomic E-state index is 0.280. The van der Waals surface area contributed by atoms with Crippen molar-refractivity contribution in [2.45, 2.75) is 39.3 Å². The fourth-order valence-electron chi connectivity index (χ4n) is 2.77. The number of aryl methyl sites for hydroxylation is 1. The molecule has 138 valence electrons. The molecule has 8 heteroatoms. The number of carbonyl (C=O) groups excluding carboxylic acids is 1. The molecule has 0 bridgehead atoms. The number of carboxylic acid groups (broad SMARTS) is 2. The van der Waals surface area contributed by atoms with E-state index in [1.165, 1.54) is 0 Å². The van der Waals surface area contributed by atoms with Crippen molar-refractivity contribution >= 4 is 17.8 Å². The average Bonchev–Trinajstić information content (AvgIpc) is 2.82. The van der Waals surface area contributed by atoms with Crippen molar-refractivity contribution in [3.8, 4) is 0 Å². The molecule has 0 aliphatic carbocycles. The van der Waals surface area contributed by atoms with Gasteiger partial charge in [0.15, 0.2) is 0 Å². The van der Waals surface area contributed by atoms with Gasteiger partial charge in [0.2, 0.25) is 11.4 Å². The Kier molecular flexibility index (Phi) is 5.44. The van der Waals surface area contributed by atoms with Gasteiger partial charge in [-0.15, -0.1) is 0 Å².